The first-order chi connectivity index (χ1) is 9.90. The van der Waals surface area contributed by atoms with E-state index < -0.39 is 0 Å². The maximum Gasteiger partial charge on any atom is 0.0809 e. The fourth-order valence-corrected chi connectivity index (χ4v) is 2.93. The Morgan fingerprint density at radius 3 is 2.90 bits per heavy atom. The van der Waals surface area contributed by atoms with Gasteiger partial charge in [0.05, 0.1) is 13.2 Å². The predicted octanol–water partition coefficient (Wildman–Crippen LogP) is 3.15. The van der Waals surface area contributed by atoms with Crippen LogP contribution in [-0.2, 0) is 24.3 Å². The Hall–Kier alpha value is -1.23. The Balaban J connectivity index is 1.35. The molecule has 2 heterocycles. The van der Waals surface area contributed by atoms with E-state index in [9.17, 15) is 0 Å². The highest BCUT2D eigenvalue weighted by atomic mass is 32.1. The first-order valence-electron chi connectivity index (χ1n) is 7.19. The van der Waals surface area contributed by atoms with Gasteiger partial charge in [0.2, 0.25) is 0 Å². The largest absolute Gasteiger partial charge is 0.376 e. The molecule has 2 aromatic rings. The van der Waals surface area contributed by atoms with Gasteiger partial charge in [0.25, 0.3) is 0 Å². The van der Waals surface area contributed by atoms with Gasteiger partial charge in [-0.1, -0.05) is 6.07 Å². The molecule has 0 radical (unpaired) electrons. The van der Waals surface area contributed by atoms with Gasteiger partial charge in [-0.3, -0.25) is 4.98 Å². The quantitative estimate of drug-likeness (QED) is 0.758. The second-order valence-corrected chi connectivity index (χ2v) is 6.40. The van der Waals surface area contributed by atoms with E-state index in [-0.39, 0.29) is 0 Å². The van der Waals surface area contributed by atoms with Gasteiger partial charge in [0, 0.05) is 40.7 Å². The van der Waals surface area contributed by atoms with Crippen molar-refractivity contribution in [2.45, 2.75) is 38.5 Å². The summed E-state index contributed by atoms with van der Waals surface area (Å²) >= 11 is 1.85. The van der Waals surface area contributed by atoms with E-state index in [1.165, 1.54) is 22.6 Å². The summed E-state index contributed by atoms with van der Waals surface area (Å²) in [5, 5.41) is 3.54. The Kier molecular flexibility index (Phi) is 4.79. The van der Waals surface area contributed by atoms with Crippen molar-refractivity contribution in [3.8, 4) is 0 Å². The Labute approximate surface area is 124 Å². The van der Waals surface area contributed by atoms with Crippen LogP contribution in [-0.4, -0.2) is 17.6 Å². The molecule has 0 bridgehead atoms. The summed E-state index contributed by atoms with van der Waals surface area (Å²) in [7, 11) is 0. The van der Waals surface area contributed by atoms with Crippen molar-refractivity contribution in [1.82, 2.24) is 10.3 Å². The zero-order chi connectivity index (χ0) is 13.6. The van der Waals surface area contributed by atoms with Crippen LogP contribution in [0.2, 0.25) is 0 Å². The molecule has 2 aromatic heterocycles. The minimum absolute atomic E-state index is 0.709. The summed E-state index contributed by atoms with van der Waals surface area (Å²) in [6.45, 7) is 2.44. The summed E-state index contributed by atoms with van der Waals surface area (Å²) < 4.78 is 5.72. The molecule has 4 heteroatoms. The normalized spacial score (nSPS) is 14.6. The summed E-state index contributed by atoms with van der Waals surface area (Å²) in [6, 6.07) is 11.1. The lowest BCUT2D eigenvalue weighted by molar-refractivity contribution is 0.125. The molecule has 0 aromatic carbocycles. The molecule has 3 rings (SSSR count). The van der Waals surface area contributed by atoms with Crippen molar-refractivity contribution in [3.05, 3.63) is 52.0 Å². The average Bonchev–Trinajstić information content (AvgIpc) is 3.21. The van der Waals surface area contributed by atoms with Crippen LogP contribution in [0.15, 0.2) is 36.5 Å². The van der Waals surface area contributed by atoms with Gasteiger partial charge in [-0.15, -0.1) is 11.3 Å². The number of aromatic nitrogens is 1. The third kappa shape index (κ3) is 4.40. The maximum atomic E-state index is 5.72. The Bertz CT molecular complexity index is 522. The number of nitrogens with one attached hydrogen (secondary N) is 1. The number of hydrogen-bond acceptors (Lipinski definition) is 4. The molecule has 1 saturated carbocycles. The zero-order valence-corrected chi connectivity index (χ0v) is 12.4. The molecule has 20 heavy (non-hydrogen) atoms. The molecule has 106 valence electrons. The number of rotatable bonds is 8. The number of nitrogens with zero attached hydrogens (tertiary/aromatic N) is 1. The molecule has 0 saturated heterocycles. The van der Waals surface area contributed by atoms with Crippen molar-refractivity contribution in [3.63, 3.8) is 0 Å². The molecule has 1 aliphatic rings. The maximum absolute atomic E-state index is 5.72. The van der Waals surface area contributed by atoms with Gasteiger partial charge in [0.15, 0.2) is 0 Å². The lowest BCUT2D eigenvalue weighted by Gasteiger charge is -2.02. The molecule has 1 fully saturated rings. The van der Waals surface area contributed by atoms with Gasteiger partial charge in [0.1, 0.15) is 0 Å². The van der Waals surface area contributed by atoms with E-state index >= 15 is 0 Å². The van der Waals surface area contributed by atoms with Crippen molar-refractivity contribution < 1.29 is 4.74 Å². The monoisotopic (exact) mass is 288 g/mol. The van der Waals surface area contributed by atoms with E-state index in [1.54, 1.807) is 0 Å². The molecular weight excluding hydrogens is 268 g/mol. The zero-order valence-electron chi connectivity index (χ0n) is 11.5. The minimum Gasteiger partial charge on any atom is -0.376 e. The van der Waals surface area contributed by atoms with Crippen LogP contribution in [0, 0.1) is 0 Å². The molecule has 0 amide bonds. The van der Waals surface area contributed by atoms with Crippen molar-refractivity contribution in [2.24, 2.45) is 0 Å². The second-order valence-electron chi connectivity index (χ2n) is 5.15. The van der Waals surface area contributed by atoms with Gasteiger partial charge < -0.3 is 10.1 Å². The lowest BCUT2D eigenvalue weighted by Crippen LogP contribution is -2.14. The fourth-order valence-electron chi connectivity index (χ4n) is 2.02. The number of hydrogen-bond donors (Lipinski definition) is 1. The van der Waals surface area contributed by atoms with E-state index in [0.29, 0.717) is 6.61 Å². The van der Waals surface area contributed by atoms with E-state index in [0.717, 1.165) is 31.3 Å². The predicted molar refractivity (Wildman–Crippen MR) is 81.8 cm³/mol. The van der Waals surface area contributed by atoms with Gasteiger partial charge in [-0.05, 0) is 37.1 Å². The second kappa shape index (κ2) is 6.97. The van der Waals surface area contributed by atoms with Crippen LogP contribution in [0.5, 0.6) is 0 Å². The van der Waals surface area contributed by atoms with Gasteiger partial charge >= 0.3 is 0 Å². The number of thiophene rings is 1. The highest BCUT2D eigenvalue weighted by Gasteiger charge is 2.20. The van der Waals surface area contributed by atoms with Gasteiger partial charge in [-0.25, -0.2) is 0 Å². The molecule has 0 aliphatic heterocycles. The average molecular weight is 288 g/mol. The fraction of sp³-hybridized carbons (Fsp3) is 0.438. The SMILES string of the molecule is c1ccc(CCOCc2ccc(CNC3CC3)s2)nc1. The van der Waals surface area contributed by atoms with Crippen molar-refractivity contribution >= 4 is 11.3 Å². The summed E-state index contributed by atoms with van der Waals surface area (Å²) in [5.41, 5.74) is 1.09. The first kappa shape index (κ1) is 13.7. The summed E-state index contributed by atoms with van der Waals surface area (Å²) in [5.74, 6) is 0. The first-order valence-corrected chi connectivity index (χ1v) is 8.00. The standard InChI is InChI=1S/C16H20N2OS/c1-2-9-17-13(3-1)8-10-19-12-16-7-6-15(20-16)11-18-14-4-5-14/h1-3,6-7,9,14,18H,4-5,8,10-12H2. The van der Waals surface area contributed by atoms with Gasteiger partial charge in [-0.2, -0.15) is 0 Å². The molecule has 3 nitrogen and oxygen atoms in total. The number of ether oxygens (including phenoxy) is 1. The molecular formula is C16H20N2OS. The third-order valence-electron chi connectivity index (χ3n) is 3.33. The molecule has 0 spiro atoms. The van der Waals surface area contributed by atoms with Crippen LogP contribution in [0.1, 0.15) is 28.3 Å². The number of pyridine rings is 1. The van der Waals surface area contributed by atoms with Crippen molar-refractivity contribution in [1.29, 1.82) is 0 Å². The lowest BCUT2D eigenvalue weighted by atomic mass is 10.3. The highest BCUT2D eigenvalue weighted by Crippen LogP contribution is 2.22. The topological polar surface area (TPSA) is 34.1 Å². The molecule has 1 N–H and O–H groups in total. The minimum atomic E-state index is 0.709. The molecule has 1 aliphatic carbocycles. The van der Waals surface area contributed by atoms with E-state index in [4.69, 9.17) is 4.74 Å². The van der Waals surface area contributed by atoms with E-state index in [1.807, 2.05) is 35.7 Å². The van der Waals surface area contributed by atoms with Crippen LogP contribution in [0.25, 0.3) is 0 Å². The Morgan fingerprint density at radius 1 is 1.20 bits per heavy atom. The third-order valence-corrected chi connectivity index (χ3v) is 4.39. The smallest absolute Gasteiger partial charge is 0.0809 e. The molecule has 0 unspecified atom stereocenters. The highest BCUT2D eigenvalue weighted by molar-refractivity contribution is 7.11. The van der Waals surface area contributed by atoms with Crippen LogP contribution < -0.4 is 5.32 Å². The van der Waals surface area contributed by atoms with Crippen LogP contribution in [0.4, 0.5) is 0 Å². The van der Waals surface area contributed by atoms with Crippen molar-refractivity contribution in [2.75, 3.05) is 6.61 Å². The van der Waals surface area contributed by atoms with Crippen LogP contribution >= 0.6 is 11.3 Å². The van der Waals surface area contributed by atoms with E-state index in [2.05, 4.69) is 22.4 Å². The Morgan fingerprint density at radius 2 is 2.10 bits per heavy atom. The summed E-state index contributed by atoms with van der Waals surface area (Å²) in [4.78, 5) is 7.00. The molecule has 0 atom stereocenters. The van der Waals surface area contributed by atoms with Crippen LogP contribution in [0.3, 0.4) is 0 Å². The summed E-state index contributed by atoms with van der Waals surface area (Å²) in [6.07, 6.45) is 5.39.